The summed E-state index contributed by atoms with van der Waals surface area (Å²) in [6.07, 6.45) is 2.51. The largest absolute Gasteiger partial charge is 0.456 e. The Kier molecular flexibility index (Phi) is 6.43. The highest BCUT2D eigenvalue weighted by Gasteiger charge is 2.22. The van der Waals surface area contributed by atoms with E-state index >= 15 is 0 Å². The maximum Gasteiger partial charge on any atom is 0.250 e. The van der Waals surface area contributed by atoms with E-state index < -0.39 is 0 Å². The van der Waals surface area contributed by atoms with Crippen molar-refractivity contribution >= 4 is 17.3 Å². The minimum Gasteiger partial charge on any atom is -0.456 e. The van der Waals surface area contributed by atoms with Crippen LogP contribution in [0.4, 0.5) is 17.3 Å². The molecule has 0 amide bonds. The van der Waals surface area contributed by atoms with Crippen LogP contribution in [0.2, 0.25) is 0 Å². The molecule has 1 saturated heterocycles. The first kappa shape index (κ1) is 24.0. The number of rotatable bonds is 6. The van der Waals surface area contributed by atoms with E-state index in [0.717, 1.165) is 70.5 Å². The number of aromatic nitrogens is 3. The van der Waals surface area contributed by atoms with Crippen molar-refractivity contribution in [2.24, 2.45) is 0 Å². The van der Waals surface area contributed by atoms with Gasteiger partial charge in [-0.1, -0.05) is 12.1 Å². The summed E-state index contributed by atoms with van der Waals surface area (Å²) in [6, 6.07) is 17.8. The van der Waals surface area contributed by atoms with Gasteiger partial charge in [-0.15, -0.1) is 0 Å². The van der Waals surface area contributed by atoms with Crippen LogP contribution in [0, 0.1) is 0 Å². The molecule has 1 fully saturated rings. The first-order valence-electron chi connectivity index (χ1n) is 12.8. The number of para-hydroxylation sites is 1. The van der Waals surface area contributed by atoms with E-state index in [2.05, 4.69) is 37.3 Å². The average molecular weight is 511 g/mol. The number of fused-ring (bicyclic) bond motifs is 2. The highest BCUT2D eigenvalue weighted by molar-refractivity contribution is 5.74. The molecule has 6 rings (SSSR count). The van der Waals surface area contributed by atoms with E-state index in [9.17, 15) is 4.79 Å². The van der Waals surface area contributed by atoms with Crippen molar-refractivity contribution in [3.05, 3.63) is 88.0 Å². The maximum absolute atomic E-state index is 12.6. The van der Waals surface area contributed by atoms with E-state index in [1.54, 1.807) is 12.3 Å². The quantitative estimate of drug-likeness (QED) is 0.353. The Morgan fingerprint density at radius 1 is 1.05 bits per heavy atom. The van der Waals surface area contributed by atoms with Crippen molar-refractivity contribution < 1.29 is 9.47 Å². The van der Waals surface area contributed by atoms with Crippen LogP contribution in [0.15, 0.2) is 65.6 Å². The molecule has 0 saturated carbocycles. The van der Waals surface area contributed by atoms with E-state index in [4.69, 9.17) is 9.47 Å². The van der Waals surface area contributed by atoms with Crippen LogP contribution in [0.1, 0.15) is 16.8 Å². The minimum absolute atomic E-state index is 0.130. The summed E-state index contributed by atoms with van der Waals surface area (Å²) in [7, 11) is 3.86. The molecule has 38 heavy (non-hydrogen) atoms. The topological polar surface area (TPSA) is 95.6 Å². The molecule has 2 aromatic heterocycles. The third-order valence-electron chi connectivity index (χ3n) is 6.82. The summed E-state index contributed by atoms with van der Waals surface area (Å²) in [6.45, 7) is 3.45. The molecule has 4 heterocycles. The Bertz CT molecular complexity index is 1530. The second-order valence-corrected chi connectivity index (χ2v) is 9.71. The van der Waals surface area contributed by atoms with Gasteiger partial charge in [0.05, 0.1) is 31.1 Å². The van der Waals surface area contributed by atoms with Crippen LogP contribution >= 0.6 is 0 Å². The first-order valence-corrected chi connectivity index (χ1v) is 12.8. The molecule has 4 aromatic rings. The molecular formula is C29H30N6O3. The van der Waals surface area contributed by atoms with Crippen LogP contribution in [0.25, 0.3) is 11.3 Å². The van der Waals surface area contributed by atoms with Crippen LogP contribution in [-0.2, 0) is 17.7 Å². The van der Waals surface area contributed by atoms with Crippen molar-refractivity contribution in [1.82, 2.24) is 15.0 Å². The number of H-pyrrole nitrogens is 1. The Balaban J connectivity index is 1.24. The number of ether oxygens (including phenoxy) is 2. The predicted molar refractivity (Wildman–Crippen MR) is 149 cm³/mol. The van der Waals surface area contributed by atoms with Gasteiger partial charge in [0.15, 0.2) is 0 Å². The minimum atomic E-state index is -0.130. The van der Waals surface area contributed by atoms with E-state index in [-0.39, 0.29) is 5.56 Å². The Morgan fingerprint density at radius 2 is 1.92 bits per heavy atom. The van der Waals surface area contributed by atoms with Gasteiger partial charge < -0.3 is 29.6 Å². The highest BCUT2D eigenvalue weighted by atomic mass is 16.5. The van der Waals surface area contributed by atoms with Crippen LogP contribution in [-0.4, -0.2) is 55.4 Å². The standard InChI is InChI=1S/C29H30N6O3/c1-34(2)29-30-9-8-22(32-29)18-31-21-6-7-26-20(15-21)14-19-4-3-5-24(28(19)38-26)25-16-23(17-27(36)33-25)35-10-12-37-13-11-35/h3-9,15-17,31H,10-14,18H2,1-2H3,(H,33,36). The van der Waals surface area contributed by atoms with E-state index in [1.165, 1.54) is 0 Å². The fourth-order valence-corrected chi connectivity index (χ4v) is 4.87. The Hall–Kier alpha value is -4.37. The van der Waals surface area contributed by atoms with Gasteiger partial charge >= 0.3 is 0 Å². The third kappa shape index (κ3) is 4.92. The molecule has 0 atom stereocenters. The fraction of sp³-hybridized carbons (Fsp3) is 0.276. The van der Waals surface area contributed by atoms with Crippen molar-refractivity contribution in [3.63, 3.8) is 0 Å². The predicted octanol–water partition coefficient (Wildman–Crippen LogP) is 4.04. The number of hydrogen-bond donors (Lipinski definition) is 2. The normalized spacial score (nSPS) is 14.3. The third-order valence-corrected chi connectivity index (χ3v) is 6.82. The van der Waals surface area contributed by atoms with E-state index in [0.29, 0.717) is 25.7 Å². The molecule has 0 aliphatic carbocycles. The summed E-state index contributed by atoms with van der Waals surface area (Å²) < 4.78 is 11.9. The molecule has 2 aliphatic heterocycles. The Morgan fingerprint density at radius 3 is 2.76 bits per heavy atom. The second kappa shape index (κ2) is 10.2. The highest BCUT2D eigenvalue weighted by Crippen LogP contribution is 2.43. The molecule has 0 bridgehead atoms. The fourth-order valence-electron chi connectivity index (χ4n) is 4.87. The lowest BCUT2D eigenvalue weighted by molar-refractivity contribution is 0.122. The molecule has 9 heteroatoms. The summed E-state index contributed by atoms with van der Waals surface area (Å²) >= 11 is 0. The average Bonchev–Trinajstić information content (AvgIpc) is 2.95. The van der Waals surface area contributed by atoms with Gasteiger partial charge in [-0.05, 0) is 42.0 Å². The second-order valence-electron chi connectivity index (χ2n) is 9.71. The van der Waals surface area contributed by atoms with Crippen molar-refractivity contribution in [1.29, 1.82) is 0 Å². The molecule has 2 aliphatic rings. The van der Waals surface area contributed by atoms with Crippen LogP contribution in [0.5, 0.6) is 11.5 Å². The summed E-state index contributed by atoms with van der Waals surface area (Å²) in [5.74, 6) is 2.29. The maximum atomic E-state index is 12.6. The zero-order valence-electron chi connectivity index (χ0n) is 21.5. The number of pyridine rings is 1. The van der Waals surface area contributed by atoms with Gasteiger partial charge in [0.25, 0.3) is 0 Å². The molecule has 0 unspecified atom stereocenters. The molecule has 2 N–H and O–H groups in total. The lowest BCUT2D eigenvalue weighted by Gasteiger charge is -2.29. The lowest BCUT2D eigenvalue weighted by Crippen LogP contribution is -2.36. The molecule has 9 nitrogen and oxygen atoms in total. The molecule has 2 aromatic carbocycles. The van der Waals surface area contributed by atoms with Gasteiger partial charge in [-0.2, -0.15) is 0 Å². The van der Waals surface area contributed by atoms with Crippen molar-refractivity contribution in [2.45, 2.75) is 13.0 Å². The zero-order valence-corrected chi connectivity index (χ0v) is 21.5. The van der Waals surface area contributed by atoms with Gasteiger partial charge in [0, 0.05) is 68.4 Å². The van der Waals surface area contributed by atoms with Gasteiger partial charge in [0.1, 0.15) is 11.5 Å². The van der Waals surface area contributed by atoms with Gasteiger partial charge in [-0.3, -0.25) is 4.79 Å². The lowest BCUT2D eigenvalue weighted by atomic mass is 9.96. The van der Waals surface area contributed by atoms with Gasteiger partial charge in [-0.25, -0.2) is 9.97 Å². The SMILES string of the molecule is CN(C)c1nccc(CNc2ccc3c(c2)Cc2cccc(-c4cc(N5CCOCC5)cc(=O)[nH]4)c2O3)n1. The molecular weight excluding hydrogens is 480 g/mol. The van der Waals surface area contributed by atoms with Gasteiger partial charge in [0.2, 0.25) is 11.5 Å². The number of nitrogens with zero attached hydrogens (tertiary/aromatic N) is 4. The molecule has 0 radical (unpaired) electrons. The summed E-state index contributed by atoms with van der Waals surface area (Å²) in [4.78, 5) is 28.5. The van der Waals surface area contributed by atoms with E-state index in [1.807, 2.05) is 55.4 Å². The molecule has 0 spiro atoms. The number of anilines is 3. The first-order chi connectivity index (χ1) is 18.5. The zero-order chi connectivity index (χ0) is 26.1. The smallest absolute Gasteiger partial charge is 0.250 e. The summed E-state index contributed by atoms with van der Waals surface area (Å²) in [5, 5.41) is 3.46. The van der Waals surface area contributed by atoms with Crippen molar-refractivity contribution in [3.8, 4) is 22.8 Å². The number of aromatic amines is 1. The number of benzene rings is 2. The monoisotopic (exact) mass is 510 g/mol. The molecule has 194 valence electrons. The number of hydrogen-bond acceptors (Lipinski definition) is 8. The number of morpholine rings is 1. The number of nitrogens with one attached hydrogen (secondary N) is 2. The van der Waals surface area contributed by atoms with Crippen molar-refractivity contribution in [2.75, 3.05) is 55.5 Å². The van der Waals surface area contributed by atoms with Crippen LogP contribution in [0.3, 0.4) is 0 Å². The van der Waals surface area contributed by atoms with Crippen LogP contribution < -0.4 is 25.4 Å². The summed E-state index contributed by atoms with van der Waals surface area (Å²) in [5.41, 5.74) is 6.50. The Labute approximate surface area is 221 Å².